The molecule has 0 unspecified atom stereocenters. The fraction of sp³-hybridized carbons (Fsp3) is 0.154. The summed E-state index contributed by atoms with van der Waals surface area (Å²) < 4.78 is 4.84. The maximum absolute atomic E-state index is 12.2. The molecule has 0 aliphatic rings. The summed E-state index contributed by atoms with van der Waals surface area (Å²) in [7, 11) is 2.85. The van der Waals surface area contributed by atoms with Crippen LogP contribution in [0.2, 0.25) is 0 Å². The van der Waals surface area contributed by atoms with Crippen molar-refractivity contribution in [3.05, 3.63) is 35.3 Å². The van der Waals surface area contributed by atoms with E-state index in [4.69, 9.17) is 21.6 Å². The van der Waals surface area contributed by atoms with Crippen molar-refractivity contribution in [3.8, 4) is 0 Å². The van der Waals surface area contributed by atoms with Crippen molar-refractivity contribution >= 4 is 30.1 Å². The Bertz CT molecular complexity index is 650. The van der Waals surface area contributed by atoms with Crippen molar-refractivity contribution in [3.63, 3.8) is 0 Å². The predicted octanol–water partition coefficient (Wildman–Crippen LogP) is -0.150. The van der Waals surface area contributed by atoms with Gasteiger partial charge in [0.15, 0.2) is 11.7 Å². The SMILES string of the molecule is CN=C/C(C(=O)Nc1cccc(C(N)=NC=N)n1)=C(\N)OC. The molecule has 1 aromatic rings. The highest BCUT2D eigenvalue weighted by molar-refractivity contribution is 6.17. The van der Waals surface area contributed by atoms with Crippen molar-refractivity contribution in [2.45, 2.75) is 0 Å². The highest BCUT2D eigenvalue weighted by Crippen LogP contribution is 2.08. The minimum absolute atomic E-state index is 0.0633. The Morgan fingerprint density at radius 1 is 1.45 bits per heavy atom. The second kappa shape index (κ2) is 8.15. The largest absolute Gasteiger partial charge is 0.482 e. The van der Waals surface area contributed by atoms with Gasteiger partial charge >= 0.3 is 0 Å². The van der Waals surface area contributed by atoms with Gasteiger partial charge in [0.1, 0.15) is 23.4 Å². The summed E-state index contributed by atoms with van der Waals surface area (Å²) in [5, 5.41) is 9.43. The Morgan fingerprint density at radius 2 is 2.18 bits per heavy atom. The Kier molecular flexibility index (Phi) is 6.23. The third-order valence-corrected chi connectivity index (χ3v) is 2.44. The van der Waals surface area contributed by atoms with Gasteiger partial charge in [-0.05, 0) is 12.1 Å². The number of aliphatic imine (C=N–C) groups is 2. The van der Waals surface area contributed by atoms with E-state index in [0.717, 1.165) is 6.34 Å². The second-order valence-electron chi connectivity index (χ2n) is 3.87. The Balaban J connectivity index is 3.04. The number of nitrogens with two attached hydrogens (primary N) is 2. The van der Waals surface area contributed by atoms with Gasteiger partial charge in [-0.25, -0.2) is 9.98 Å². The lowest BCUT2D eigenvalue weighted by Gasteiger charge is -2.08. The van der Waals surface area contributed by atoms with Gasteiger partial charge < -0.3 is 21.5 Å². The first-order valence-corrected chi connectivity index (χ1v) is 6.10. The van der Waals surface area contributed by atoms with Crippen molar-refractivity contribution in [2.75, 3.05) is 19.5 Å². The van der Waals surface area contributed by atoms with Crippen molar-refractivity contribution in [1.29, 1.82) is 5.41 Å². The number of hydrogen-bond acceptors (Lipinski definition) is 6. The van der Waals surface area contributed by atoms with Gasteiger partial charge in [0.25, 0.3) is 5.91 Å². The number of aromatic nitrogens is 1. The number of amidine groups is 1. The van der Waals surface area contributed by atoms with Crippen LogP contribution in [0.3, 0.4) is 0 Å². The van der Waals surface area contributed by atoms with Crippen LogP contribution in [-0.2, 0) is 9.53 Å². The summed E-state index contributed by atoms with van der Waals surface area (Å²) in [6.45, 7) is 0. The number of hydrogen-bond donors (Lipinski definition) is 4. The zero-order valence-corrected chi connectivity index (χ0v) is 12.2. The fourth-order valence-electron chi connectivity index (χ4n) is 1.44. The van der Waals surface area contributed by atoms with Crippen LogP contribution < -0.4 is 16.8 Å². The van der Waals surface area contributed by atoms with Crippen molar-refractivity contribution < 1.29 is 9.53 Å². The Morgan fingerprint density at radius 3 is 2.77 bits per heavy atom. The molecule has 1 amide bonds. The van der Waals surface area contributed by atoms with E-state index in [1.807, 2.05) is 0 Å². The monoisotopic (exact) mass is 303 g/mol. The number of rotatable bonds is 6. The van der Waals surface area contributed by atoms with E-state index in [9.17, 15) is 4.79 Å². The second-order valence-corrected chi connectivity index (χ2v) is 3.87. The maximum Gasteiger partial charge on any atom is 0.263 e. The van der Waals surface area contributed by atoms with E-state index in [1.165, 1.54) is 20.4 Å². The zero-order chi connectivity index (χ0) is 16.5. The van der Waals surface area contributed by atoms with Crippen LogP contribution in [-0.4, -0.2) is 43.4 Å². The number of nitrogens with one attached hydrogen (secondary N) is 2. The van der Waals surface area contributed by atoms with Crippen molar-refractivity contribution in [1.82, 2.24) is 4.98 Å². The number of pyridine rings is 1. The molecular formula is C13H17N7O2. The third kappa shape index (κ3) is 4.40. The highest BCUT2D eigenvalue weighted by Gasteiger charge is 2.14. The first-order valence-electron chi connectivity index (χ1n) is 6.10. The van der Waals surface area contributed by atoms with Gasteiger partial charge in [-0.15, -0.1) is 0 Å². The molecule has 0 saturated carbocycles. The van der Waals surface area contributed by atoms with Gasteiger partial charge in [0.2, 0.25) is 0 Å². The highest BCUT2D eigenvalue weighted by atomic mass is 16.5. The summed E-state index contributed by atoms with van der Waals surface area (Å²) in [5.41, 5.74) is 11.6. The third-order valence-electron chi connectivity index (χ3n) is 2.44. The number of anilines is 1. The predicted molar refractivity (Wildman–Crippen MR) is 85.0 cm³/mol. The molecule has 0 radical (unpaired) electrons. The summed E-state index contributed by atoms with van der Waals surface area (Å²) in [6, 6.07) is 4.82. The molecule has 0 aliphatic carbocycles. The number of ether oxygens (including phenoxy) is 1. The number of carbonyl (C=O) groups excluding carboxylic acids is 1. The van der Waals surface area contributed by atoms with E-state index in [0.29, 0.717) is 5.69 Å². The molecule has 0 aromatic carbocycles. The van der Waals surface area contributed by atoms with Crippen molar-refractivity contribution in [2.24, 2.45) is 21.5 Å². The lowest BCUT2D eigenvalue weighted by molar-refractivity contribution is -0.112. The van der Waals surface area contributed by atoms with Gasteiger partial charge in [-0.1, -0.05) is 6.07 Å². The molecule has 9 nitrogen and oxygen atoms in total. The quantitative estimate of drug-likeness (QED) is 0.249. The molecule has 22 heavy (non-hydrogen) atoms. The molecule has 1 aromatic heterocycles. The standard InChI is InChI=1S/C13H17N7O2/c1-17-6-8(12(16)22-2)13(21)20-10-5-3-4-9(19-10)11(15)18-7-14/h3-7H,16H2,1-2H3,(H3,14,15,18)(H,19,20,21)/b12-8-,17-6?. The Labute approximate surface area is 127 Å². The van der Waals surface area contributed by atoms with Gasteiger partial charge in [0, 0.05) is 13.3 Å². The normalized spacial score (nSPS) is 12.7. The summed E-state index contributed by atoms with van der Waals surface area (Å²) in [5.74, 6) is -0.286. The molecule has 1 rings (SSSR count). The average Bonchev–Trinajstić information content (AvgIpc) is 2.52. The van der Waals surface area contributed by atoms with Gasteiger partial charge in [-0.2, -0.15) is 0 Å². The van der Waals surface area contributed by atoms with Gasteiger partial charge in [-0.3, -0.25) is 15.2 Å². The molecule has 1 heterocycles. The van der Waals surface area contributed by atoms with Crippen LogP contribution in [0.1, 0.15) is 5.69 Å². The van der Waals surface area contributed by atoms with E-state index in [1.54, 1.807) is 18.2 Å². The van der Waals surface area contributed by atoms with Crippen LogP contribution in [0.25, 0.3) is 0 Å². The number of nitrogens with zero attached hydrogens (tertiary/aromatic N) is 3. The molecule has 0 bridgehead atoms. The first-order chi connectivity index (χ1) is 10.5. The number of methoxy groups -OCH3 is 1. The lowest BCUT2D eigenvalue weighted by Crippen LogP contribution is -2.22. The van der Waals surface area contributed by atoms with Crippen LogP contribution in [0.15, 0.2) is 39.6 Å². The van der Waals surface area contributed by atoms with Gasteiger partial charge in [0.05, 0.1) is 7.11 Å². The molecule has 6 N–H and O–H groups in total. The summed E-state index contributed by atoms with van der Waals surface area (Å²) in [4.78, 5) is 23.6. The smallest absolute Gasteiger partial charge is 0.263 e. The molecule has 0 atom stereocenters. The topological polar surface area (TPSA) is 152 Å². The van der Waals surface area contributed by atoms with Crippen LogP contribution in [0.5, 0.6) is 0 Å². The van der Waals surface area contributed by atoms with E-state index in [2.05, 4.69) is 20.3 Å². The minimum atomic E-state index is -0.530. The molecule has 9 heteroatoms. The first kappa shape index (κ1) is 16.8. The maximum atomic E-state index is 12.2. The minimum Gasteiger partial charge on any atom is -0.482 e. The number of amides is 1. The average molecular weight is 303 g/mol. The Hall–Kier alpha value is -3.23. The summed E-state index contributed by atoms with van der Waals surface area (Å²) >= 11 is 0. The zero-order valence-electron chi connectivity index (χ0n) is 12.2. The molecule has 0 aliphatic heterocycles. The summed E-state index contributed by atoms with van der Waals surface area (Å²) in [6.07, 6.45) is 2.09. The van der Waals surface area contributed by atoms with E-state index >= 15 is 0 Å². The molecule has 0 spiro atoms. The van der Waals surface area contributed by atoms with E-state index < -0.39 is 5.91 Å². The molecule has 0 saturated heterocycles. The molecular weight excluding hydrogens is 286 g/mol. The molecule has 116 valence electrons. The van der Waals surface area contributed by atoms with E-state index in [-0.39, 0.29) is 23.1 Å². The fourth-order valence-corrected chi connectivity index (χ4v) is 1.44. The van der Waals surface area contributed by atoms with Crippen LogP contribution in [0.4, 0.5) is 5.82 Å². The van der Waals surface area contributed by atoms with Crippen LogP contribution in [0, 0.1) is 5.41 Å². The lowest BCUT2D eigenvalue weighted by atomic mass is 10.2. The molecule has 0 fully saturated rings. The van der Waals surface area contributed by atoms with Crippen LogP contribution >= 0.6 is 0 Å². The number of carbonyl (C=O) groups is 1.